The third kappa shape index (κ3) is 22.0. The Morgan fingerprint density at radius 2 is 1.00 bits per heavy atom. The van der Waals surface area contributed by atoms with Gasteiger partial charge in [0.25, 0.3) is 0 Å². The summed E-state index contributed by atoms with van der Waals surface area (Å²) in [6.45, 7) is 7.40. The van der Waals surface area contributed by atoms with E-state index in [4.69, 9.17) is 4.74 Å². The molecule has 0 rings (SSSR count). The topological polar surface area (TPSA) is 26.3 Å². The molecule has 0 aliphatic carbocycles. The molecule has 0 heterocycles. The molecule has 1 unspecified atom stereocenters. The first-order valence-electron chi connectivity index (χ1n) is 13.4. The number of carbonyl (C=O) groups excluding carboxylic acids is 1. The van der Waals surface area contributed by atoms with Gasteiger partial charge >= 0.3 is 5.97 Å². The Morgan fingerprint density at radius 1 is 0.552 bits per heavy atom. The molecule has 2 nitrogen and oxygen atoms in total. The predicted molar refractivity (Wildman–Crippen MR) is 128 cm³/mol. The summed E-state index contributed by atoms with van der Waals surface area (Å²) in [5.41, 5.74) is 0. The molecule has 0 N–H and O–H groups in total. The standard InChI is InChI=1S/C27H54O2/c1-4-7-9-10-11-12-13-14-15-16-17-18-19-21-24-27(28)29-25-26(22-6-3)23-20-8-5-2/h26H,4-25H2,1-3H3. The van der Waals surface area contributed by atoms with E-state index in [-0.39, 0.29) is 5.97 Å². The van der Waals surface area contributed by atoms with Crippen LogP contribution in [0.4, 0.5) is 0 Å². The predicted octanol–water partition coefficient (Wildman–Crippen LogP) is 9.40. The smallest absolute Gasteiger partial charge is 0.305 e. The minimum atomic E-state index is 0.0283. The van der Waals surface area contributed by atoms with E-state index in [0.717, 1.165) is 6.42 Å². The van der Waals surface area contributed by atoms with E-state index in [1.54, 1.807) is 0 Å². The fraction of sp³-hybridized carbons (Fsp3) is 0.963. The average molecular weight is 411 g/mol. The van der Waals surface area contributed by atoms with Crippen LogP contribution in [0, 0.1) is 5.92 Å². The highest BCUT2D eigenvalue weighted by Crippen LogP contribution is 2.17. The van der Waals surface area contributed by atoms with E-state index < -0.39 is 0 Å². The molecule has 0 fully saturated rings. The minimum Gasteiger partial charge on any atom is -0.465 e. The van der Waals surface area contributed by atoms with E-state index in [1.807, 2.05) is 0 Å². The van der Waals surface area contributed by atoms with Crippen molar-refractivity contribution in [3.05, 3.63) is 0 Å². The van der Waals surface area contributed by atoms with Crippen LogP contribution in [0.2, 0.25) is 0 Å². The molecule has 174 valence electrons. The zero-order valence-electron chi connectivity index (χ0n) is 20.5. The molecule has 0 spiro atoms. The summed E-state index contributed by atoms with van der Waals surface area (Å²) in [4.78, 5) is 12.0. The first-order valence-corrected chi connectivity index (χ1v) is 13.4. The van der Waals surface area contributed by atoms with Gasteiger partial charge in [0.05, 0.1) is 6.61 Å². The Hall–Kier alpha value is -0.530. The van der Waals surface area contributed by atoms with Crippen molar-refractivity contribution in [1.82, 2.24) is 0 Å². The van der Waals surface area contributed by atoms with E-state index in [0.29, 0.717) is 18.9 Å². The Kier molecular flexibility index (Phi) is 23.3. The maximum Gasteiger partial charge on any atom is 0.305 e. The van der Waals surface area contributed by atoms with Gasteiger partial charge in [-0.15, -0.1) is 0 Å². The van der Waals surface area contributed by atoms with Crippen LogP contribution in [0.3, 0.4) is 0 Å². The average Bonchev–Trinajstić information content (AvgIpc) is 2.72. The lowest BCUT2D eigenvalue weighted by Crippen LogP contribution is -2.14. The van der Waals surface area contributed by atoms with Crippen LogP contribution in [0.5, 0.6) is 0 Å². The van der Waals surface area contributed by atoms with Crippen molar-refractivity contribution in [1.29, 1.82) is 0 Å². The van der Waals surface area contributed by atoms with Gasteiger partial charge < -0.3 is 4.74 Å². The van der Waals surface area contributed by atoms with Crippen LogP contribution in [0.25, 0.3) is 0 Å². The Labute approximate surface area is 184 Å². The second-order valence-corrected chi connectivity index (χ2v) is 9.18. The maximum atomic E-state index is 12.0. The lowest BCUT2D eigenvalue weighted by atomic mass is 9.97. The highest BCUT2D eigenvalue weighted by atomic mass is 16.5. The second-order valence-electron chi connectivity index (χ2n) is 9.18. The molecular weight excluding hydrogens is 356 g/mol. The van der Waals surface area contributed by atoms with Crippen molar-refractivity contribution in [2.45, 2.75) is 156 Å². The fourth-order valence-corrected chi connectivity index (χ4v) is 4.15. The maximum absolute atomic E-state index is 12.0. The highest BCUT2D eigenvalue weighted by molar-refractivity contribution is 5.69. The first-order chi connectivity index (χ1) is 14.2. The number of ether oxygens (including phenoxy) is 1. The zero-order chi connectivity index (χ0) is 21.4. The number of carbonyl (C=O) groups is 1. The molecular formula is C27H54O2. The van der Waals surface area contributed by atoms with Crippen molar-refractivity contribution in [3.8, 4) is 0 Å². The lowest BCUT2D eigenvalue weighted by Gasteiger charge is -2.16. The molecule has 0 aromatic rings. The van der Waals surface area contributed by atoms with Gasteiger partial charge in [-0.25, -0.2) is 0 Å². The van der Waals surface area contributed by atoms with E-state index in [9.17, 15) is 4.79 Å². The summed E-state index contributed by atoms with van der Waals surface area (Å²) in [6.07, 6.45) is 27.0. The zero-order valence-corrected chi connectivity index (χ0v) is 20.5. The van der Waals surface area contributed by atoms with E-state index in [1.165, 1.54) is 122 Å². The van der Waals surface area contributed by atoms with Crippen molar-refractivity contribution >= 4 is 5.97 Å². The van der Waals surface area contributed by atoms with Crippen LogP contribution in [0.15, 0.2) is 0 Å². The number of hydrogen-bond donors (Lipinski definition) is 0. The van der Waals surface area contributed by atoms with E-state index >= 15 is 0 Å². The van der Waals surface area contributed by atoms with Crippen LogP contribution >= 0.6 is 0 Å². The summed E-state index contributed by atoms with van der Waals surface area (Å²) < 4.78 is 5.56. The van der Waals surface area contributed by atoms with Crippen LogP contribution < -0.4 is 0 Å². The second kappa shape index (κ2) is 23.7. The van der Waals surface area contributed by atoms with Gasteiger partial charge in [0, 0.05) is 6.42 Å². The van der Waals surface area contributed by atoms with Crippen molar-refractivity contribution in [2.24, 2.45) is 5.92 Å². The number of rotatable bonds is 23. The van der Waals surface area contributed by atoms with E-state index in [2.05, 4.69) is 20.8 Å². The van der Waals surface area contributed by atoms with Gasteiger partial charge in [-0.05, 0) is 25.2 Å². The largest absolute Gasteiger partial charge is 0.465 e. The van der Waals surface area contributed by atoms with Crippen molar-refractivity contribution in [2.75, 3.05) is 6.61 Å². The fourth-order valence-electron chi connectivity index (χ4n) is 4.15. The SMILES string of the molecule is CCCCCCCCCCCCCCCCC(=O)OCC(CCC)CCCCC. The summed E-state index contributed by atoms with van der Waals surface area (Å²) in [6, 6.07) is 0. The molecule has 0 radical (unpaired) electrons. The molecule has 1 atom stereocenters. The monoisotopic (exact) mass is 410 g/mol. The number of hydrogen-bond acceptors (Lipinski definition) is 2. The van der Waals surface area contributed by atoms with Crippen LogP contribution in [0.1, 0.15) is 156 Å². The minimum absolute atomic E-state index is 0.0283. The molecule has 0 aromatic carbocycles. The normalized spacial score (nSPS) is 12.2. The molecule has 2 heteroatoms. The first kappa shape index (κ1) is 28.5. The Bertz CT molecular complexity index is 326. The van der Waals surface area contributed by atoms with Gasteiger partial charge in [0.2, 0.25) is 0 Å². The van der Waals surface area contributed by atoms with Gasteiger partial charge in [0.1, 0.15) is 0 Å². The molecule has 0 amide bonds. The van der Waals surface area contributed by atoms with Gasteiger partial charge in [0.15, 0.2) is 0 Å². The summed E-state index contributed by atoms with van der Waals surface area (Å²) in [5, 5.41) is 0. The van der Waals surface area contributed by atoms with Gasteiger partial charge in [-0.3, -0.25) is 4.79 Å². The van der Waals surface area contributed by atoms with Gasteiger partial charge in [-0.2, -0.15) is 0 Å². The summed E-state index contributed by atoms with van der Waals surface area (Å²) in [7, 11) is 0. The van der Waals surface area contributed by atoms with Crippen LogP contribution in [-0.4, -0.2) is 12.6 Å². The molecule has 0 aliphatic rings. The molecule has 0 aromatic heterocycles. The Morgan fingerprint density at radius 3 is 1.48 bits per heavy atom. The summed E-state index contributed by atoms with van der Waals surface area (Å²) >= 11 is 0. The molecule has 0 saturated heterocycles. The third-order valence-electron chi connectivity index (χ3n) is 6.13. The lowest BCUT2D eigenvalue weighted by molar-refractivity contribution is -0.145. The number of esters is 1. The Balaban J connectivity index is 3.39. The van der Waals surface area contributed by atoms with Crippen molar-refractivity contribution in [3.63, 3.8) is 0 Å². The van der Waals surface area contributed by atoms with Gasteiger partial charge in [-0.1, -0.05) is 130 Å². The highest BCUT2D eigenvalue weighted by Gasteiger charge is 2.11. The number of unbranched alkanes of at least 4 members (excludes halogenated alkanes) is 15. The molecule has 0 saturated carbocycles. The summed E-state index contributed by atoms with van der Waals surface area (Å²) in [5.74, 6) is 0.604. The molecule has 29 heavy (non-hydrogen) atoms. The van der Waals surface area contributed by atoms with Crippen molar-refractivity contribution < 1.29 is 9.53 Å². The molecule has 0 aliphatic heterocycles. The quantitative estimate of drug-likeness (QED) is 0.124. The van der Waals surface area contributed by atoms with Crippen LogP contribution in [-0.2, 0) is 9.53 Å². The molecule has 0 bridgehead atoms. The third-order valence-corrected chi connectivity index (χ3v) is 6.13.